The van der Waals surface area contributed by atoms with E-state index < -0.39 is 0 Å². The van der Waals surface area contributed by atoms with Crippen LogP contribution in [0, 0.1) is 27.7 Å². The zero-order valence-electron chi connectivity index (χ0n) is 19.7. The highest BCUT2D eigenvalue weighted by Crippen LogP contribution is 2.38. The number of aryl methyl sites for hydroxylation is 4. The number of nitrogens with zero attached hydrogens (tertiary/aromatic N) is 1. The van der Waals surface area contributed by atoms with Crippen LogP contribution in [-0.2, 0) is 9.59 Å². The molecule has 5 rings (SSSR count). The minimum absolute atomic E-state index is 0.243. The summed E-state index contributed by atoms with van der Waals surface area (Å²) in [5, 5.41) is 3.22. The Kier molecular flexibility index (Phi) is 5.36. The van der Waals surface area contributed by atoms with Gasteiger partial charge in [-0.25, -0.2) is 4.90 Å². The third-order valence-corrected chi connectivity index (χ3v) is 6.01. The molecule has 3 aromatic rings. The van der Waals surface area contributed by atoms with Crippen LogP contribution in [0.3, 0.4) is 0 Å². The third kappa shape index (κ3) is 3.81. The van der Waals surface area contributed by atoms with Crippen molar-refractivity contribution in [3.63, 3.8) is 0 Å². The summed E-state index contributed by atoms with van der Waals surface area (Å²) in [5.74, 6) is 0.529. The number of nitrogens with one attached hydrogen (secondary N) is 1. The number of carbonyl (C=O) groups is 2. The van der Waals surface area contributed by atoms with Crippen molar-refractivity contribution in [3.8, 4) is 11.5 Å². The molecule has 6 nitrogen and oxygen atoms in total. The summed E-state index contributed by atoms with van der Waals surface area (Å²) in [6.45, 7) is 8.82. The molecule has 6 heteroatoms. The molecule has 34 heavy (non-hydrogen) atoms. The van der Waals surface area contributed by atoms with Crippen molar-refractivity contribution in [1.29, 1.82) is 0 Å². The maximum Gasteiger partial charge on any atom is 0.282 e. The van der Waals surface area contributed by atoms with Gasteiger partial charge in [-0.2, -0.15) is 0 Å². The average molecular weight is 455 g/mol. The fraction of sp³-hybridized carbons (Fsp3) is 0.214. The van der Waals surface area contributed by atoms with Gasteiger partial charge in [-0.15, -0.1) is 0 Å². The molecule has 0 aromatic heterocycles. The standard InChI is InChI=1S/C28H26N2O4/c1-16-5-7-22(19(4)12-16)25-26(29-20-6-8-23-24(15-20)34-10-9-33-23)28(32)30(27(25)31)21-13-17(2)11-18(3)14-21/h5-8,11-15,29H,9-10H2,1-4H3. The van der Waals surface area contributed by atoms with Crippen LogP contribution in [0.5, 0.6) is 11.5 Å². The summed E-state index contributed by atoms with van der Waals surface area (Å²) in [4.78, 5) is 28.8. The summed E-state index contributed by atoms with van der Waals surface area (Å²) in [6, 6.07) is 17.0. The molecule has 0 saturated heterocycles. The second-order valence-corrected chi connectivity index (χ2v) is 8.84. The Morgan fingerprint density at radius 3 is 2.15 bits per heavy atom. The number of carbonyl (C=O) groups excluding carboxylic acids is 2. The zero-order valence-corrected chi connectivity index (χ0v) is 19.7. The molecule has 0 radical (unpaired) electrons. The lowest BCUT2D eigenvalue weighted by Gasteiger charge is -2.19. The first-order valence-corrected chi connectivity index (χ1v) is 11.3. The van der Waals surface area contributed by atoms with Crippen molar-refractivity contribution in [2.75, 3.05) is 23.4 Å². The van der Waals surface area contributed by atoms with E-state index >= 15 is 0 Å². The molecule has 2 amide bonds. The second kappa shape index (κ2) is 8.37. The van der Waals surface area contributed by atoms with E-state index in [4.69, 9.17) is 9.47 Å². The Morgan fingerprint density at radius 2 is 1.44 bits per heavy atom. The van der Waals surface area contributed by atoms with Crippen LogP contribution >= 0.6 is 0 Å². The van der Waals surface area contributed by atoms with Crippen molar-refractivity contribution in [1.82, 2.24) is 0 Å². The number of hydrogen-bond donors (Lipinski definition) is 1. The number of fused-ring (bicyclic) bond motifs is 1. The quantitative estimate of drug-likeness (QED) is 0.557. The third-order valence-electron chi connectivity index (χ3n) is 6.01. The number of hydrogen-bond acceptors (Lipinski definition) is 5. The summed E-state index contributed by atoms with van der Waals surface area (Å²) in [7, 11) is 0. The monoisotopic (exact) mass is 454 g/mol. The second-order valence-electron chi connectivity index (χ2n) is 8.84. The van der Waals surface area contributed by atoms with Crippen molar-refractivity contribution in [3.05, 3.63) is 88.1 Å². The lowest BCUT2D eigenvalue weighted by molar-refractivity contribution is -0.120. The van der Waals surface area contributed by atoms with Crippen LogP contribution in [0.25, 0.3) is 5.57 Å². The smallest absolute Gasteiger partial charge is 0.282 e. The molecular weight excluding hydrogens is 428 g/mol. The van der Waals surface area contributed by atoms with Gasteiger partial charge in [-0.1, -0.05) is 29.8 Å². The van der Waals surface area contributed by atoms with Gasteiger partial charge in [0.25, 0.3) is 11.8 Å². The largest absolute Gasteiger partial charge is 0.486 e. The normalized spacial score (nSPS) is 15.2. The van der Waals surface area contributed by atoms with Gasteiger partial charge in [0.15, 0.2) is 11.5 Å². The predicted octanol–water partition coefficient (Wildman–Crippen LogP) is 5.09. The lowest BCUT2D eigenvalue weighted by Crippen LogP contribution is -2.32. The molecule has 0 aliphatic carbocycles. The van der Waals surface area contributed by atoms with E-state index in [-0.39, 0.29) is 17.5 Å². The van der Waals surface area contributed by atoms with Crippen LogP contribution in [-0.4, -0.2) is 25.0 Å². The summed E-state index contributed by atoms with van der Waals surface area (Å²) in [5.41, 5.74) is 6.53. The van der Waals surface area contributed by atoms with E-state index in [1.54, 1.807) is 12.1 Å². The van der Waals surface area contributed by atoms with E-state index in [0.29, 0.717) is 41.7 Å². The highest BCUT2D eigenvalue weighted by molar-refractivity contribution is 6.46. The van der Waals surface area contributed by atoms with Crippen LogP contribution < -0.4 is 19.7 Å². The zero-order chi connectivity index (χ0) is 24.0. The molecule has 0 saturated carbocycles. The molecule has 2 aliphatic rings. The predicted molar refractivity (Wildman–Crippen MR) is 132 cm³/mol. The van der Waals surface area contributed by atoms with Gasteiger partial charge in [-0.05, 0) is 74.2 Å². The molecule has 0 atom stereocenters. The Bertz CT molecular complexity index is 1350. The molecule has 2 heterocycles. The lowest BCUT2D eigenvalue weighted by atomic mass is 9.97. The van der Waals surface area contributed by atoms with E-state index in [2.05, 4.69) is 5.32 Å². The first-order chi connectivity index (χ1) is 16.3. The van der Waals surface area contributed by atoms with Crippen LogP contribution in [0.4, 0.5) is 11.4 Å². The number of imide groups is 1. The molecule has 2 aliphatic heterocycles. The first-order valence-electron chi connectivity index (χ1n) is 11.3. The van der Waals surface area contributed by atoms with Gasteiger partial charge >= 0.3 is 0 Å². The number of rotatable bonds is 4. The van der Waals surface area contributed by atoms with E-state index in [1.165, 1.54) is 4.90 Å². The average Bonchev–Trinajstić information content (AvgIpc) is 3.02. The van der Waals surface area contributed by atoms with Gasteiger partial charge in [0, 0.05) is 11.8 Å². The number of benzene rings is 3. The van der Waals surface area contributed by atoms with E-state index in [0.717, 1.165) is 27.8 Å². The topological polar surface area (TPSA) is 67.9 Å². The molecule has 0 unspecified atom stereocenters. The SMILES string of the molecule is Cc1cc(C)cc(N2C(=O)C(Nc3ccc4c(c3)OCCO4)=C(c3ccc(C)cc3C)C2=O)c1. The highest BCUT2D eigenvalue weighted by atomic mass is 16.6. The Labute approximate surface area is 198 Å². The van der Waals surface area contributed by atoms with E-state index in [1.807, 2.05) is 70.2 Å². The van der Waals surface area contributed by atoms with Crippen LogP contribution in [0.1, 0.15) is 27.8 Å². The minimum atomic E-state index is -0.389. The number of ether oxygens (including phenoxy) is 2. The summed E-state index contributed by atoms with van der Waals surface area (Å²) < 4.78 is 11.3. The minimum Gasteiger partial charge on any atom is -0.486 e. The van der Waals surface area contributed by atoms with Gasteiger partial charge < -0.3 is 14.8 Å². The Hall–Kier alpha value is -4.06. The fourth-order valence-corrected chi connectivity index (χ4v) is 4.57. The summed E-state index contributed by atoms with van der Waals surface area (Å²) >= 11 is 0. The van der Waals surface area contributed by atoms with Gasteiger partial charge in [0.05, 0.1) is 11.3 Å². The number of anilines is 2. The first kappa shape index (κ1) is 21.8. The highest BCUT2D eigenvalue weighted by Gasteiger charge is 2.41. The molecular formula is C28H26N2O4. The molecule has 1 N–H and O–H groups in total. The van der Waals surface area contributed by atoms with Crippen LogP contribution in [0.2, 0.25) is 0 Å². The van der Waals surface area contributed by atoms with Crippen molar-refractivity contribution >= 4 is 28.8 Å². The van der Waals surface area contributed by atoms with Crippen molar-refractivity contribution in [2.24, 2.45) is 0 Å². The number of amides is 2. The molecule has 0 spiro atoms. The van der Waals surface area contributed by atoms with Crippen molar-refractivity contribution in [2.45, 2.75) is 27.7 Å². The Balaban J connectivity index is 1.62. The maximum absolute atomic E-state index is 13.8. The fourth-order valence-electron chi connectivity index (χ4n) is 4.57. The molecule has 172 valence electrons. The molecule has 0 bridgehead atoms. The van der Waals surface area contributed by atoms with Crippen LogP contribution in [0.15, 0.2) is 60.3 Å². The molecule has 0 fully saturated rings. The van der Waals surface area contributed by atoms with E-state index in [9.17, 15) is 9.59 Å². The summed E-state index contributed by atoms with van der Waals surface area (Å²) in [6.07, 6.45) is 0. The molecule has 3 aromatic carbocycles. The van der Waals surface area contributed by atoms with Gasteiger partial charge in [-0.3, -0.25) is 9.59 Å². The van der Waals surface area contributed by atoms with Gasteiger partial charge in [0.1, 0.15) is 18.9 Å². The maximum atomic E-state index is 13.8. The Morgan fingerprint density at radius 1 is 0.735 bits per heavy atom. The van der Waals surface area contributed by atoms with Gasteiger partial charge in [0.2, 0.25) is 0 Å². The van der Waals surface area contributed by atoms with Crippen molar-refractivity contribution < 1.29 is 19.1 Å².